The summed E-state index contributed by atoms with van der Waals surface area (Å²) in [5.41, 5.74) is 1.30. The third kappa shape index (κ3) is 2.59. The average Bonchev–Trinajstić information content (AvgIpc) is 2.08. The number of benzene rings is 1. The van der Waals surface area contributed by atoms with Gasteiger partial charge in [0.25, 0.3) is 0 Å². The van der Waals surface area contributed by atoms with Crippen molar-refractivity contribution in [2.45, 2.75) is 6.92 Å². The second kappa shape index (κ2) is 4.25. The zero-order valence-corrected chi connectivity index (χ0v) is 7.19. The van der Waals surface area contributed by atoms with Gasteiger partial charge in [0.15, 0.2) is 0 Å². The molecule has 13 heavy (non-hydrogen) atoms. The van der Waals surface area contributed by atoms with Crippen LogP contribution in [0.3, 0.4) is 0 Å². The number of hydrogen-bond acceptors (Lipinski definition) is 3. The minimum atomic E-state index is -0.154. The van der Waals surface area contributed by atoms with Crippen molar-refractivity contribution in [2.75, 3.05) is 5.32 Å². The first kappa shape index (κ1) is 9.25. The average molecular weight is 178 g/mol. The maximum absolute atomic E-state index is 10.8. The molecule has 0 saturated heterocycles. The second-order valence-electron chi connectivity index (χ2n) is 2.51. The number of rotatable bonds is 2. The number of carbonyl (C=O) groups excluding carboxylic acids is 1. The summed E-state index contributed by atoms with van der Waals surface area (Å²) in [7, 11) is 0. The second-order valence-corrected chi connectivity index (χ2v) is 2.51. The summed E-state index contributed by atoms with van der Waals surface area (Å²) in [6, 6.07) is 7.06. The van der Waals surface area contributed by atoms with Gasteiger partial charge in [-0.15, -0.1) is 0 Å². The first-order chi connectivity index (χ1) is 6.24. The molecule has 0 aliphatic carbocycles. The SMILES string of the molecule is CC(=O)Nc1ccccc1/C=N/O. The third-order valence-corrected chi connectivity index (χ3v) is 1.47. The molecule has 0 aromatic heterocycles. The van der Waals surface area contributed by atoms with Crippen molar-refractivity contribution < 1.29 is 10.0 Å². The Balaban J connectivity index is 2.97. The van der Waals surface area contributed by atoms with Crippen molar-refractivity contribution in [3.63, 3.8) is 0 Å². The zero-order valence-electron chi connectivity index (χ0n) is 7.19. The van der Waals surface area contributed by atoms with E-state index in [1.807, 2.05) is 0 Å². The highest BCUT2D eigenvalue weighted by atomic mass is 16.4. The van der Waals surface area contributed by atoms with Gasteiger partial charge < -0.3 is 10.5 Å². The highest BCUT2D eigenvalue weighted by Crippen LogP contribution is 2.12. The molecular weight excluding hydrogens is 168 g/mol. The fraction of sp³-hybridized carbons (Fsp3) is 0.111. The highest BCUT2D eigenvalue weighted by Gasteiger charge is 1.99. The Bertz CT molecular complexity index is 334. The lowest BCUT2D eigenvalue weighted by molar-refractivity contribution is -0.114. The van der Waals surface area contributed by atoms with Crippen LogP contribution in [0.2, 0.25) is 0 Å². The van der Waals surface area contributed by atoms with Crippen LogP contribution < -0.4 is 5.32 Å². The van der Waals surface area contributed by atoms with E-state index in [9.17, 15) is 4.79 Å². The molecule has 1 aromatic rings. The molecule has 0 bridgehead atoms. The molecule has 0 spiro atoms. The van der Waals surface area contributed by atoms with E-state index < -0.39 is 0 Å². The number of amides is 1. The van der Waals surface area contributed by atoms with Crippen LogP contribution in [0.5, 0.6) is 0 Å². The van der Waals surface area contributed by atoms with Crippen LogP contribution in [0.1, 0.15) is 12.5 Å². The molecule has 0 aliphatic rings. The number of carbonyl (C=O) groups is 1. The Morgan fingerprint density at radius 2 is 2.23 bits per heavy atom. The first-order valence-corrected chi connectivity index (χ1v) is 3.78. The molecule has 0 saturated carbocycles. The van der Waals surface area contributed by atoms with E-state index in [2.05, 4.69) is 10.5 Å². The van der Waals surface area contributed by atoms with Crippen LogP contribution in [-0.2, 0) is 4.79 Å². The molecule has 4 heteroatoms. The fourth-order valence-electron chi connectivity index (χ4n) is 0.975. The molecule has 1 amide bonds. The first-order valence-electron chi connectivity index (χ1n) is 3.78. The van der Waals surface area contributed by atoms with Crippen molar-refractivity contribution >= 4 is 17.8 Å². The molecule has 68 valence electrons. The number of anilines is 1. The number of oxime groups is 1. The van der Waals surface area contributed by atoms with Crippen LogP contribution in [-0.4, -0.2) is 17.3 Å². The van der Waals surface area contributed by atoms with Gasteiger partial charge >= 0.3 is 0 Å². The minimum absolute atomic E-state index is 0.154. The Morgan fingerprint density at radius 3 is 2.85 bits per heavy atom. The molecule has 0 unspecified atom stereocenters. The summed E-state index contributed by atoms with van der Waals surface area (Å²) in [6.45, 7) is 1.42. The molecule has 4 nitrogen and oxygen atoms in total. The number of nitrogens with one attached hydrogen (secondary N) is 1. The number of hydrogen-bond donors (Lipinski definition) is 2. The predicted octanol–water partition coefficient (Wildman–Crippen LogP) is 1.45. The summed E-state index contributed by atoms with van der Waals surface area (Å²) < 4.78 is 0. The Hall–Kier alpha value is -1.84. The molecule has 1 rings (SSSR count). The summed E-state index contributed by atoms with van der Waals surface area (Å²) in [6.07, 6.45) is 1.27. The van der Waals surface area contributed by atoms with E-state index in [-0.39, 0.29) is 5.91 Å². The maximum atomic E-state index is 10.8. The van der Waals surface area contributed by atoms with Gasteiger partial charge in [0.2, 0.25) is 5.91 Å². The molecule has 1 aromatic carbocycles. The molecule has 0 atom stereocenters. The summed E-state index contributed by atoms with van der Waals surface area (Å²) >= 11 is 0. The summed E-state index contributed by atoms with van der Waals surface area (Å²) in [5.74, 6) is -0.154. The summed E-state index contributed by atoms with van der Waals surface area (Å²) in [4.78, 5) is 10.8. The number of nitrogens with zero attached hydrogens (tertiary/aromatic N) is 1. The van der Waals surface area contributed by atoms with Gasteiger partial charge in [0.1, 0.15) is 0 Å². The molecular formula is C9H10N2O2. The smallest absolute Gasteiger partial charge is 0.221 e. The van der Waals surface area contributed by atoms with E-state index >= 15 is 0 Å². The van der Waals surface area contributed by atoms with Crippen molar-refractivity contribution in [3.05, 3.63) is 29.8 Å². The van der Waals surface area contributed by atoms with Crippen molar-refractivity contribution in [1.29, 1.82) is 0 Å². The van der Waals surface area contributed by atoms with Gasteiger partial charge in [-0.25, -0.2) is 0 Å². The largest absolute Gasteiger partial charge is 0.411 e. The molecule has 0 aliphatic heterocycles. The van der Waals surface area contributed by atoms with E-state index in [0.717, 1.165) is 0 Å². The standard InChI is InChI=1S/C9H10N2O2/c1-7(12)11-9-5-3-2-4-8(9)6-10-13/h2-6,13H,1H3,(H,11,12)/b10-6+. The van der Waals surface area contributed by atoms with E-state index in [1.165, 1.54) is 13.1 Å². The van der Waals surface area contributed by atoms with Crippen LogP contribution in [0, 0.1) is 0 Å². The minimum Gasteiger partial charge on any atom is -0.411 e. The number of para-hydroxylation sites is 1. The van der Waals surface area contributed by atoms with Crippen LogP contribution in [0.15, 0.2) is 29.4 Å². The monoisotopic (exact) mass is 178 g/mol. The van der Waals surface area contributed by atoms with Gasteiger partial charge in [-0.05, 0) is 6.07 Å². The molecule has 0 fully saturated rings. The van der Waals surface area contributed by atoms with Crippen LogP contribution in [0.4, 0.5) is 5.69 Å². The van der Waals surface area contributed by atoms with Crippen LogP contribution >= 0.6 is 0 Å². The lowest BCUT2D eigenvalue weighted by Gasteiger charge is -2.04. The Labute approximate surface area is 75.9 Å². The normalized spacial score (nSPS) is 10.2. The fourth-order valence-corrected chi connectivity index (χ4v) is 0.975. The van der Waals surface area contributed by atoms with Crippen molar-refractivity contribution in [3.8, 4) is 0 Å². The highest BCUT2D eigenvalue weighted by molar-refractivity contribution is 5.96. The van der Waals surface area contributed by atoms with Gasteiger partial charge in [0, 0.05) is 18.2 Å². The lowest BCUT2D eigenvalue weighted by Crippen LogP contribution is -2.07. The topological polar surface area (TPSA) is 61.7 Å². The van der Waals surface area contributed by atoms with E-state index in [0.29, 0.717) is 11.3 Å². The van der Waals surface area contributed by atoms with Crippen LogP contribution in [0.25, 0.3) is 0 Å². The lowest BCUT2D eigenvalue weighted by atomic mass is 10.2. The van der Waals surface area contributed by atoms with Gasteiger partial charge in [0.05, 0.1) is 6.21 Å². The third-order valence-electron chi connectivity index (χ3n) is 1.47. The predicted molar refractivity (Wildman–Crippen MR) is 50.1 cm³/mol. The van der Waals surface area contributed by atoms with Gasteiger partial charge in [-0.1, -0.05) is 23.4 Å². The maximum Gasteiger partial charge on any atom is 0.221 e. The quantitative estimate of drug-likeness (QED) is 0.409. The molecule has 0 heterocycles. The Morgan fingerprint density at radius 1 is 1.54 bits per heavy atom. The molecule has 2 N–H and O–H groups in total. The van der Waals surface area contributed by atoms with Crippen molar-refractivity contribution in [2.24, 2.45) is 5.16 Å². The van der Waals surface area contributed by atoms with E-state index in [1.54, 1.807) is 24.3 Å². The zero-order chi connectivity index (χ0) is 9.68. The molecule has 0 radical (unpaired) electrons. The Kier molecular flexibility index (Phi) is 3.03. The van der Waals surface area contributed by atoms with E-state index in [4.69, 9.17) is 5.21 Å². The van der Waals surface area contributed by atoms with Gasteiger partial charge in [-0.3, -0.25) is 4.79 Å². The summed E-state index contributed by atoms with van der Waals surface area (Å²) in [5, 5.41) is 13.8. The van der Waals surface area contributed by atoms with Gasteiger partial charge in [-0.2, -0.15) is 0 Å². The van der Waals surface area contributed by atoms with Crippen molar-refractivity contribution in [1.82, 2.24) is 0 Å².